The number of amides is 1. The maximum atomic E-state index is 13.4. The molecule has 2 aromatic heterocycles. The third-order valence-corrected chi connectivity index (χ3v) is 6.09. The van der Waals surface area contributed by atoms with Gasteiger partial charge in [0.2, 0.25) is 5.91 Å². The molecule has 2 aromatic carbocycles. The summed E-state index contributed by atoms with van der Waals surface area (Å²) in [7, 11) is 3.16. The van der Waals surface area contributed by atoms with Gasteiger partial charge in [0, 0.05) is 21.9 Å². The predicted octanol–water partition coefficient (Wildman–Crippen LogP) is 5.27. The summed E-state index contributed by atoms with van der Waals surface area (Å²) in [5.41, 5.74) is 2.89. The maximum Gasteiger partial charge on any atom is 0.232 e. The Kier molecular flexibility index (Phi) is 6.24. The minimum atomic E-state index is -0.318. The van der Waals surface area contributed by atoms with Gasteiger partial charge < -0.3 is 14.8 Å². The first-order valence-electron chi connectivity index (χ1n) is 9.24. The first kappa shape index (κ1) is 21.0. The number of hydrogen-bond acceptors (Lipinski definition) is 7. The fourth-order valence-corrected chi connectivity index (χ4v) is 4.48. The Balaban J connectivity index is 1.42. The quantitative estimate of drug-likeness (QED) is 0.411. The van der Waals surface area contributed by atoms with Crippen LogP contribution in [0.3, 0.4) is 0 Å². The van der Waals surface area contributed by atoms with E-state index in [9.17, 15) is 9.18 Å². The fraction of sp³-hybridized carbons (Fsp3) is 0.136. The highest BCUT2D eigenvalue weighted by Crippen LogP contribution is 2.33. The molecule has 4 aromatic rings. The van der Waals surface area contributed by atoms with E-state index in [2.05, 4.69) is 15.3 Å². The molecule has 0 unspecified atom stereocenters. The zero-order chi connectivity index (χ0) is 21.8. The molecule has 0 radical (unpaired) electrons. The van der Waals surface area contributed by atoms with Crippen molar-refractivity contribution in [2.24, 2.45) is 0 Å². The van der Waals surface area contributed by atoms with Gasteiger partial charge in [0.15, 0.2) is 16.6 Å². The van der Waals surface area contributed by atoms with E-state index in [0.29, 0.717) is 32.9 Å². The average molecular weight is 456 g/mol. The van der Waals surface area contributed by atoms with Crippen LogP contribution < -0.4 is 14.8 Å². The molecule has 6 nitrogen and oxygen atoms in total. The van der Waals surface area contributed by atoms with Crippen molar-refractivity contribution in [1.82, 2.24) is 9.97 Å². The molecule has 0 aliphatic heterocycles. The molecule has 1 amide bonds. The van der Waals surface area contributed by atoms with E-state index in [0.717, 1.165) is 11.3 Å². The van der Waals surface area contributed by atoms with Crippen molar-refractivity contribution in [2.45, 2.75) is 6.42 Å². The highest BCUT2D eigenvalue weighted by molar-refractivity contribution is 7.14. The molecule has 0 saturated heterocycles. The number of methoxy groups -OCH3 is 2. The number of aromatic nitrogens is 2. The van der Waals surface area contributed by atoms with Crippen molar-refractivity contribution in [2.75, 3.05) is 19.5 Å². The lowest BCUT2D eigenvalue weighted by atomic mass is 10.1. The monoisotopic (exact) mass is 455 g/mol. The van der Waals surface area contributed by atoms with Crippen LogP contribution in [0.2, 0.25) is 0 Å². The second kappa shape index (κ2) is 9.23. The molecule has 9 heteroatoms. The van der Waals surface area contributed by atoms with E-state index in [1.807, 2.05) is 23.6 Å². The van der Waals surface area contributed by atoms with E-state index in [4.69, 9.17) is 9.47 Å². The Bertz CT molecular complexity index is 1220. The number of halogens is 1. The molecule has 158 valence electrons. The topological polar surface area (TPSA) is 73.3 Å². The van der Waals surface area contributed by atoms with Gasteiger partial charge >= 0.3 is 0 Å². The lowest BCUT2D eigenvalue weighted by molar-refractivity contribution is -0.115. The lowest BCUT2D eigenvalue weighted by Gasteiger charge is -2.08. The number of rotatable bonds is 7. The smallest absolute Gasteiger partial charge is 0.232 e. The Labute approximate surface area is 186 Å². The van der Waals surface area contributed by atoms with Crippen molar-refractivity contribution in [3.63, 3.8) is 0 Å². The highest BCUT2D eigenvalue weighted by atomic mass is 32.1. The van der Waals surface area contributed by atoms with Crippen LogP contribution in [-0.4, -0.2) is 30.1 Å². The van der Waals surface area contributed by atoms with Crippen LogP contribution in [0, 0.1) is 5.82 Å². The summed E-state index contributed by atoms with van der Waals surface area (Å²) < 4.78 is 24.0. The molecule has 4 rings (SSSR count). The van der Waals surface area contributed by atoms with E-state index >= 15 is 0 Å². The van der Waals surface area contributed by atoms with Gasteiger partial charge in [-0.15, -0.1) is 22.7 Å². The number of ether oxygens (including phenoxy) is 2. The van der Waals surface area contributed by atoms with Gasteiger partial charge in [-0.05, 0) is 30.3 Å². The van der Waals surface area contributed by atoms with Crippen LogP contribution in [0.25, 0.3) is 21.8 Å². The van der Waals surface area contributed by atoms with Gasteiger partial charge in [0.05, 0.1) is 32.0 Å². The minimum absolute atomic E-state index is 0.108. The number of thiazole rings is 2. The van der Waals surface area contributed by atoms with Crippen molar-refractivity contribution in [1.29, 1.82) is 0 Å². The van der Waals surface area contributed by atoms with Crippen LogP contribution >= 0.6 is 22.7 Å². The SMILES string of the molecule is COc1ccc(-c2csc(NC(=O)Cc3csc(-c4cccc(F)c4)n3)n2)cc1OC. The summed E-state index contributed by atoms with van der Waals surface area (Å²) in [5.74, 6) is 0.706. The summed E-state index contributed by atoms with van der Waals surface area (Å²) in [6.45, 7) is 0. The molecular formula is C22H18FN3O3S2. The summed E-state index contributed by atoms with van der Waals surface area (Å²) in [6.07, 6.45) is 0.108. The zero-order valence-corrected chi connectivity index (χ0v) is 18.3. The van der Waals surface area contributed by atoms with Crippen molar-refractivity contribution in [3.05, 3.63) is 64.7 Å². The van der Waals surface area contributed by atoms with Crippen LogP contribution in [0.4, 0.5) is 9.52 Å². The molecule has 0 aliphatic carbocycles. The fourth-order valence-electron chi connectivity index (χ4n) is 2.93. The third kappa shape index (κ3) is 4.89. The van der Waals surface area contributed by atoms with Crippen molar-refractivity contribution < 1.29 is 18.7 Å². The van der Waals surface area contributed by atoms with Gasteiger partial charge in [0.1, 0.15) is 10.8 Å². The number of nitrogens with zero attached hydrogens (tertiary/aromatic N) is 2. The van der Waals surface area contributed by atoms with Crippen molar-refractivity contribution >= 4 is 33.7 Å². The Hall–Kier alpha value is -3.30. The van der Waals surface area contributed by atoms with Crippen molar-refractivity contribution in [3.8, 4) is 33.3 Å². The number of hydrogen-bond donors (Lipinski definition) is 1. The maximum absolute atomic E-state index is 13.4. The molecule has 2 heterocycles. The first-order chi connectivity index (χ1) is 15.1. The largest absolute Gasteiger partial charge is 0.493 e. The molecule has 0 atom stereocenters. The van der Waals surface area contributed by atoms with Crippen LogP contribution in [0.5, 0.6) is 11.5 Å². The number of benzene rings is 2. The molecule has 0 spiro atoms. The molecule has 0 fully saturated rings. The van der Waals surface area contributed by atoms with E-state index in [1.165, 1.54) is 34.8 Å². The normalized spacial score (nSPS) is 10.7. The summed E-state index contributed by atoms with van der Waals surface area (Å²) >= 11 is 2.71. The number of carbonyl (C=O) groups is 1. The van der Waals surface area contributed by atoms with Gasteiger partial charge in [-0.1, -0.05) is 12.1 Å². The van der Waals surface area contributed by atoms with Crippen LogP contribution in [0.15, 0.2) is 53.2 Å². The Morgan fingerprint density at radius 2 is 1.84 bits per heavy atom. The molecule has 0 saturated carbocycles. The second-order valence-corrected chi connectivity index (χ2v) is 8.20. The molecule has 1 N–H and O–H groups in total. The first-order valence-corrected chi connectivity index (χ1v) is 11.0. The predicted molar refractivity (Wildman–Crippen MR) is 120 cm³/mol. The number of nitrogens with one attached hydrogen (secondary N) is 1. The molecule has 0 bridgehead atoms. The van der Waals surface area contributed by atoms with Crippen LogP contribution in [-0.2, 0) is 11.2 Å². The Morgan fingerprint density at radius 1 is 1.00 bits per heavy atom. The van der Waals surface area contributed by atoms with Gasteiger partial charge in [0.25, 0.3) is 0 Å². The summed E-state index contributed by atoms with van der Waals surface area (Å²) in [5, 5.41) is 7.64. The summed E-state index contributed by atoms with van der Waals surface area (Å²) in [4.78, 5) is 21.4. The molecular weight excluding hydrogens is 437 g/mol. The lowest BCUT2D eigenvalue weighted by Crippen LogP contribution is -2.14. The van der Waals surface area contributed by atoms with E-state index in [1.54, 1.807) is 31.7 Å². The van der Waals surface area contributed by atoms with Gasteiger partial charge in [-0.3, -0.25) is 4.79 Å². The number of carbonyl (C=O) groups excluding carboxylic acids is 1. The van der Waals surface area contributed by atoms with E-state index in [-0.39, 0.29) is 18.1 Å². The Morgan fingerprint density at radius 3 is 2.61 bits per heavy atom. The minimum Gasteiger partial charge on any atom is -0.493 e. The van der Waals surface area contributed by atoms with Crippen LogP contribution in [0.1, 0.15) is 5.69 Å². The standard InChI is InChI=1S/C22H18FN3O3S2/c1-28-18-7-6-13(9-19(18)29-2)17-12-31-22(25-17)26-20(27)10-16-11-30-21(24-16)14-4-3-5-15(23)8-14/h3-9,11-12H,10H2,1-2H3,(H,25,26,27). The molecule has 0 aliphatic rings. The van der Waals surface area contributed by atoms with Gasteiger partial charge in [-0.25, -0.2) is 14.4 Å². The van der Waals surface area contributed by atoms with E-state index < -0.39 is 0 Å². The third-order valence-electron chi connectivity index (χ3n) is 4.39. The summed E-state index contributed by atoms with van der Waals surface area (Å²) in [6, 6.07) is 11.8. The zero-order valence-electron chi connectivity index (χ0n) is 16.7. The molecule has 31 heavy (non-hydrogen) atoms. The number of anilines is 1. The highest BCUT2D eigenvalue weighted by Gasteiger charge is 2.13. The average Bonchev–Trinajstić information content (AvgIpc) is 3.43. The van der Waals surface area contributed by atoms with Gasteiger partial charge in [-0.2, -0.15) is 0 Å². The second-order valence-electron chi connectivity index (χ2n) is 6.49.